The molecule has 3 heterocycles. The number of pyridine rings is 1. The van der Waals surface area contributed by atoms with Crippen LogP contribution in [-0.2, 0) is 12.8 Å². The van der Waals surface area contributed by atoms with Crippen LogP contribution in [0, 0.1) is 6.92 Å². The molecule has 0 saturated carbocycles. The Kier molecular flexibility index (Phi) is 2.57. The van der Waals surface area contributed by atoms with Gasteiger partial charge in [-0.15, -0.1) is 11.3 Å². The first kappa shape index (κ1) is 11.9. The zero-order chi connectivity index (χ0) is 13.7. The van der Waals surface area contributed by atoms with Crippen LogP contribution in [0.4, 0.5) is 5.00 Å². The molecule has 0 fully saturated rings. The lowest BCUT2D eigenvalue weighted by atomic mass is 9.95. The van der Waals surface area contributed by atoms with E-state index in [1.165, 1.54) is 23.3 Å². The molecule has 1 aliphatic carbocycles. The Morgan fingerprint density at radius 2 is 2.15 bits per heavy atom. The molecule has 4 rings (SSSR count). The van der Waals surface area contributed by atoms with Gasteiger partial charge in [0.2, 0.25) is 0 Å². The number of imidazole rings is 1. The van der Waals surface area contributed by atoms with Gasteiger partial charge in [0.1, 0.15) is 5.82 Å². The minimum atomic E-state index is 0.765. The number of anilines is 1. The average molecular weight is 284 g/mol. The number of hydrogen-bond acceptors (Lipinski definition) is 4. The molecular formula is C15H16N4S. The predicted molar refractivity (Wildman–Crippen MR) is 83.0 cm³/mol. The monoisotopic (exact) mass is 284 g/mol. The van der Waals surface area contributed by atoms with Gasteiger partial charge in [0, 0.05) is 11.1 Å². The van der Waals surface area contributed by atoms with Crippen LogP contribution in [0.15, 0.2) is 12.3 Å². The van der Waals surface area contributed by atoms with E-state index in [0.29, 0.717) is 0 Å². The van der Waals surface area contributed by atoms with Crippen molar-refractivity contribution in [3.63, 3.8) is 0 Å². The van der Waals surface area contributed by atoms with E-state index in [-0.39, 0.29) is 0 Å². The Morgan fingerprint density at radius 3 is 3.05 bits per heavy atom. The minimum Gasteiger partial charge on any atom is -0.390 e. The highest BCUT2D eigenvalue weighted by atomic mass is 32.1. The van der Waals surface area contributed by atoms with Crippen molar-refractivity contribution >= 4 is 27.5 Å². The van der Waals surface area contributed by atoms with Crippen LogP contribution in [0.3, 0.4) is 0 Å². The van der Waals surface area contributed by atoms with Gasteiger partial charge in [0.15, 0.2) is 5.65 Å². The summed E-state index contributed by atoms with van der Waals surface area (Å²) in [4.78, 5) is 13.8. The van der Waals surface area contributed by atoms with E-state index in [2.05, 4.69) is 21.0 Å². The van der Waals surface area contributed by atoms with E-state index >= 15 is 0 Å². The first-order valence-corrected chi connectivity index (χ1v) is 7.77. The number of H-pyrrole nitrogens is 1. The molecular weight excluding hydrogens is 268 g/mol. The van der Waals surface area contributed by atoms with Crippen molar-refractivity contribution in [2.24, 2.45) is 0 Å². The molecule has 1 aliphatic rings. The van der Waals surface area contributed by atoms with Gasteiger partial charge in [-0.05, 0) is 49.8 Å². The highest BCUT2D eigenvalue weighted by Gasteiger charge is 2.22. The summed E-state index contributed by atoms with van der Waals surface area (Å²) in [5, 5.41) is 0.882. The number of fused-ring (bicyclic) bond motifs is 2. The van der Waals surface area contributed by atoms with Gasteiger partial charge in [0.05, 0.1) is 16.1 Å². The molecule has 0 bridgehead atoms. The number of aromatic nitrogens is 3. The van der Waals surface area contributed by atoms with E-state index in [1.807, 2.05) is 13.1 Å². The molecule has 3 aromatic rings. The van der Waals surface area contributed by atoms with E-state index in [9.17, 15) is 0 Å². The van der Waals surface area contributed by atoms with Crippen molar-refractivity contribution < 1.29 is 0 Å². The number of aromatic amines is 1. The molecule has 20 heavy (non-hydrogen) atoms. The van der Waals surface area contributed by atoms with Gasteiger partial charge in [-0.3, -0.25) is 0 Å². The Hall–Kier alpha value is -1.88. The summed E-state index contributed by atoms with van der Waals surface area (Å²) in [5.74, 6) is 0.870. The van der Waals surface area contributed by atoms with Crippen molar-refractivity contribution in [1.82, 2.24) is 15.0 Å². The predicted octanol–water partition coefficient (Wildman–Crippen LogP) is 3.46. The molecule has 4 nitrogen and oxygen atoms in total. The fourth-order valence-corrected chi connectivity index (χ4v) is 4.13. The molecule has 0 saturated heterocycles. The van der Waals surface area contributed by atoms with Gasteiger partial charge in [0.25, 0.3) is 0 Å². The van der Waals surface area contributed by atoms with Crippen LogP contribution in [0.5, 0.6) is 0 Å². The zero-order valence-corrected chi connectivity index (χ0v) is 12.2. The quantitative estimate of drug-likeness (QED) is 0.719. The van der Waals surface area contributed by atoms with Gasteiger partial charge in [-0.25, -0.2) is 9.97 Å². The standard InChI is InChI=1S/C15H16N4S/c1-8-6-10-14(17-7-8)19-15(18-10)12-9-4-2-3-5-11(9)20-13(12)16/h6-7H,2-5,16H2,1H3,(H,17,18,19). The van der Waals surface area contributed by atoms with E-state index in [1.54, 1.807) is 11.3 Å². The Labute approximate surface area is 121 Å². The van der Waals surface area contributed by atoms with Gasteiger partial charge < -0.3 is 10.7 Å². The lowest BCUT2D eigenvalue weighted by Crippen LogP contribution is -2.00. The molecule has 0 spiro atoms. The van der Waals surface area contributed by atoms with Crippen molar-refractivity contribution in [2.45, 2.75) is 32.6 Å². The molecule has 0 aromatic carbocycles. The topological polar surface area (TPSA) is 67.6 Å². The van der Waals surface area contributed by atoms with Crippen molar-refractivity contribution in [2.75, 3.05) is 5.73 Å². The second-order valence-corrected chi connectivity index (χ2v) is 6.56. The molecule has 0 atom stereocenters. The molecule has 102 valence electrons. The lowest BCUT2D eigenvalue weighted by Gasteiger charge is -2.11. The number of thiophene rings is 1. The van der Waals surface area contributed by atoms with Crippen molar-refractivity contribution in [3.8, 4) is 11.4 Å². The van der Waals surface area contributed by atoms with Crippen LogP contribution in [0.2, 0.25) is 0 Å². The maximum Gasteiger partial charge on any atom is 0.178 e. The fraction of sp³-hybridized carbons (Fsp3) is 0.333. The van der Waals surface area contributed by atoms with Crippen LogP contribution in [0.25, 0.3) is 22.6 Å². The number of nitrogen functional groups attached to an aromatic ring is 1. The van der Waals surface area contributed by atoms with Crippen molar-refractivity contribution in [3.05, 3.63) is 28.3 Å². The largest absolute Gasteiger partial charge is 0.390 e. The molecule has 0 radical (unpaired) electrons. The summed E-state index contributed by atoms with van der Waals surface area (Å²) in [7, 11) is 0. The normalized spacial score (nSPS) is 14.7. The molecule has 0 amide bonds. The first-order valence-electron chi connectivity index (χ1n) is 6.95. The molecule has 0 unspecified atom stereocenters. The third-order valence-electron chi connectivity index (χ3n) is 3.91. The number of hydrogen-bond donors (Lipinski definition) is 2. The maximum atomic E-state index is 6.24. The summed E-state index contributed by atoms with van der Waals surface area (Å²) < 4.78 is 0. The second kappa shape index (κ2) is 4.31. The number of aryl methyl sites for hydroxylation is 2. The van der Waals surface area contributed by atoms with E-state index in [4.69, 9.17) is 5.73 Å². The van der Waals surface area contributed by atoms with Crippen molar-refractivity contribution in [1.29, 1.82) is 0 Å². The number of nitrogens with zero attached hydrogens (tertiary/aromatic N) is 2. The second-order valence-electron chi connectivity index (χ2n) is 5.42. The molecule has 3 aromatic heterocycles. The molecule has 3 N–H and O–H groups in total. The number of nitrogens with two attached hydrogens (primary N) is 1. The summed E-state index contributed by atoms with van der Waals surface area (Å²) >= 11 is 1.72. The van der Waals surface area contributed by atoms with Gasteiger partial charge in [-0.2, -0.15) is 0 Å². The Bertz CT molecular complexity index is 800. The maximum absolute atomic E-state index is 6.24. The van der Waals surface area contributed by atoms with E-state index in [0.717, 1.165) is 46.0 Å². The highest BCUT2D eigenvalue weighted by molar-refractivity contribution is 7.16. The van der Waals surface area contributed by atoms with Gasteiger partial charge in [-0.1, -0.05) is 0 Å². The summed E-state index contributed by atoms with van der Waals surface area (Å²) in [5.41, 5.74) is 11.6. The van der Waals surface area contributed by atoms with Gasteiger partial charge >= 0.3 is 0 Å². The SMILES string of the molecule is Cc1cnc2nc(-c3c(N)sc4c3CCCC4)[nH]c2c1. The number of nitrogens with one attached hydrogen (secondary N) is 1. The highest BCUT2D eigenvalue weighted by Crippen LogP contribution is 2.41. The minimum absolute atomic E-state index is 0.765. The zero-order valence-electron chi connectivity index (χ0n) is 11.4. The third-order valence-corrected chi connectivity index (χ3v) is 5.03. The van der Waals surface area contributed by atoms with Crippen LogP contribution in [0.1, 0.15) is 28.8 Å². The van der Waals surface area contributed by atoms with Crippen LogP contribution in [-0.4, -0.2) is 15.0 Å². The van der Waals surface area contributed by atoms with Crippen LogP contribution >= 0.6 is 11.3 Å². The Balaban J connectivity index is 1.92. The average Bonchev–Trinajstić information content (AvgIpc) is 2.97. The lowest BCUT2D eigenvalue weighted by molar-refractivity contribution is 0.698. The number of rotatable bonds is 1. The summed E-state index contributed by atoms with van der Waals surface area (Å²) in [6.07, 6.45) is 6.63. The smallest absolute Gasteiger partial charge is 0.178 e. The molecule has 5 heteroatoms. The fourth-order valence-electron chi connectivity index (χ4n) is 2.97. The van der Waals surface area contributed by atoms with E-state index < -0.39 is 0 Å². The van der Waals surface area contributed by atoms with Crippen LogP contribution < -0.4 is 5.73 Å². The third kappa shape index (κ3) is 1.73. The molecule has 0 aliphatic heterocycles. The summed E-state index contributed by atoms with van der Waals surface area (Å²) in [6.45, 7) is 2.04. The first-order chi connectivity index (χ1) is 9.72. The summed E-state index contributed by atoms with van der Waals surface area (Å²) in [6, 6.07) is 2.08. The Morgan fingerprint density at radius 1 is 1.30 bits per heavy atom.